The lowest BCUT2D eigenvalue weighted by Gasteiger charge is -2.17. The van der Waals surface area contributed by atoms with E-state index in [1.807, 2.05) is 38.1 Å². The zero-order valence-electron chi connectivity index (χ0n) is 14.6. The Balaban J connectivity index is 0.00000127. The molecule has 2 rings (SSSR count). The van der Waals surface area contributed by atoms with Gasteiger partial charge in [0, 0.05) is 5.56 Å². The van der Waals surface area contributed by atoms with Gasteiger partial charge in [-0.2, -0.15) is 0 Å². The number of hydrogen-bond acceptors (Lipinski definition) is 3. The smallest absolute Gasteiger partial charge is 0.161 e. The van der Waals surface area contributed by atoms with Crippen molar-refractivity contribution in [3.05, 3.63) is 59.2 Å². The third-order valence-corrected chi connectivity index (χ3v) is 3.63. The molecule has 0 fully saturated rings. The average Bonchev–Trinajstić information content (AvgIpc) is 2.62. The Bertz CT molecular complexity index is 606. The highest BCUT2D eigenvalue weighted by Gasteiger charge is 2.16. The molecule has 1 unspecified atom stereocenters. The van der Waals surface area contributed by atoms with Crippen molar-refractivity contribution in [2.75, 3.05) is 14.2 Å². The van der Waals surface area contributed by atoms with Crippen LogP contribution in [0.4, 0.5) is 0 Å². The van der Waals surface area contributed by atoms with Gasteiger partial charge in [-0.25, -0.2) is 0 Å². The molecule has 0 radical (unpaired) electrons. The van der Waals surface area contributed by atoms with Gasteiger partial charge in [-0.3, -0.25) is 4.79 Å². The lowest BCUT2D eigenvalue weighted by Crippen LogP contribution is -2.04. The van der Waals surface area contributed by atoms with Crippen LogP contribution in [0, 0.1) is 0 Å². The fourth-order valence-corrected chi connectivity index (χ4v) is 2.52. The van der Waals surface area contributed by atoms with Gasteiger partial charge in [-0.05, 0) is 35.6 Å². The SMILES string of the molecule is CC.COc1cc(C=O)c(C(C)Cc2ccccc2)cc1OC. The topological polar surface area (TPSA) is 35.5 Å². The summed E-state index contributed by atoms with van der Waals surface area (Å²) in [6, 6.07) is 13.9. The van der Waals surface area contributed by atoms with Gasteiger partial charge in [0.2, 0.25) is 0 Å². The Kier molecular flexibility index (Phi) is 7.89. The van der Waals surface area contributed by atoms with Crippen LogP contribution in [0.2, 0.25) is 0 Å². The number of aldehydes is 1. The first kappa shape index (κ1) is 18.8. The van der Waals surface area contributed by atoms with Crippen LogP contribution in [0.3, 0.4) is 0 Å². The van der Waals surface area contributed by atoms with Crippen LogP contribution in [0.25, 0.3) is 0 Å². The Morgan fingerprint density at radius 2 is 1.57 bits per heavy atom. The number of methoxy groups -OCH3 is 2. The summed E-state index contributed by atoms with van der Waals surface area (Å²) < 4.78 is 10.6. The van der Waals surface area contributed by atoms with E-state index in [9.17, 15) is 4.79 Å². The minimum absolute atomic E-state index is 0.215. The summed E-state index contributed by atoms with van der Waals surface area (Å²) in [6.45, 7) is 6.11. The number of carbonyl (C=O) groups is 1. The van der Waals surface area contributed by atoms with Gasteiger partial charge in [0.05, 0.1) is 14.2 Å². The summed E-state index contributed by atoms with van der Waals surface area (Å²) >= 11 is 0. The molecule has 2 aromatic rings. The van der Waals surface area contributed by atoms with Crippen molar-refractivity contribution < 1.29 is 14.3 Å². The number of carbonyl (C=O) groups excluding carboxylic acids is 1. The summed E-state index contributed by atoms with van der Waals surface area (Å²) in [4.78, 5) is 11.4. The predicted molar refractivity (Wildman–Crippen MR) is 94.8 cm³/mol. The molecule has 0 aliphatic carbocycles. The highest BCUT2D eigenvalue weighted by molar-refractivity contribution is 5.79. The molecule has 0 amide bonds. The van der Waals surface area contributed by atoms with Crippen molar-refractivity contribution in [1.82, 2.24) is 0 Å². The lowest BCUT2D eigenvalue weighted by molar-refractivity contribution is 0.112. The molecule has 1 atom stereocenters. The maximum Gasteiger partial charge on any atom is 0.161 e. The zero-order valence-corrected chi connectivity index (χ0v) is 14.6. The van der Waals surface area contributed by atoms with E-state index in [4.69, 9.17) is 9.47 Å². The molecular weight excluding hydrogens is 288 g/mol. The van der Waals surface area contributed by atoms with Crippen LogP contribution >= 0.6 is 0 Å². The number of ether oxygens (including phenoxy) is 2. The summed E-state index contributed by atoms with van der Waals surface area (Å²) in [7, 11) is 3.17. The van der Waals surface area contributed by atoms with Crippen molar-refractivity contribution in [2.24, 2.45) is 0 Å². The number of rotatable bonds is 6. The first-order chi connectivity index (χ1) is 11.2. The largest absolute Gasteiger partial charge is 0.493 e. The van der Waals surface area contributed by atoms with E-state index in [-0.39, 0.29) is 5.92 Å². The molecule has 124 valence electrons. The lowest BCUT2D eigenvalue weighted by atomic mass is 9.90. The van der Waals surface area contributed by atoms with E-state index in [1.54, 1.807) is 20.3 Å². The van der Waals surface area contributed by atoms with Crippen LogP contribution < -0.4 is 9.47 Å². The number of benzene rings is 2. The summed E-state index contributed by atoms with van der Waals surface area (Å²) in [5, 5.41) is 0. The van der Waals surface area contributed by atoms with Gasteiger partial charge in [-0.1, -0.05) is 51.1 Å². The van der Waals surface area contributed by atoms with Crippen LogP contribution in [-0.2, 0) is 6.42 Å². The van der Waals surface area contributed by atoms with Crippen LogP contribution in [0.15, 0.2) is 42.5 Å². The normalized spacial score (nSPS) is 11.0. The van der Waals surface area contributed by atoms with E-state index in [2.05, 4.69) is 19.1 Å². The molecule has 0 bridgehead atoms. The Morgan fingerprint density at radius 1 is 1.00 bits per heavy atom. The molecule has 0 saturated heterocycles. The maximum atomic E-state index is 11.4. The molecule has 2 aromatic carbocycles. The van der Waals surface area contributed by atoms with Gasteiger partial charge >= 0.3 is 0 Å². The molecular formula is C20H26O3. The number of hydrogen-bond donors (Lipinski definition) is 0. The second-order valence-corrected chi connectivity index (χ2v) is 5.04. The molecule has 23 heavy (non-hydrogen) atoms. The average molecular weight is 314 g/mol. The molecule has 3 nitrogen and oxygen atoms in total. The maximum absolute atomic E-state index is 11.4. The second-order valence-electron chi connectivity index (χ2n) is 5.04. The van der Waals surface area contributed by atoms with Crippen molar-refractivity contribution in [3.8, 4) is 11.5 Å². The molecule has 0 N–H and O–H groups in total. The Hall–Kier alpha value is -2.29. The van der Waals surface area contributed by atoms with Crippen LogP contribution in [-0.4, -0.2) is 20.5 Å². The van der Waals surface area contributed by atoms with Gasteiger partial charge in [0.25, 0.3) is 0 Å². The van der Waals surface area contributed by atoms with Crippen molar-refractivity contribution in [1.29, 1.82) is 0 Å². The summed E-state index contributed by atoms with van der Waals surface area (Å²) in [5.74, 6) is 1.45. The molecule has 0 saturated carbocycles. The van der Waals surface area contributed by atoms with Crippen molar-refractivity contribution in [2.45, 2.75) is 33.1 Å². The third-order valence-electron chi connectivity index (χ3n) is 3.63. The van der Waals surface area contributed by atoms with E-state index in [1.165, 1.54) is 5.56 Å². The first-order valence-corrected chi connectivity index (χ1v) is 7.94. The quantitative estimate of drug-likeness (QED) is 0.712. The van der Waals surface area contributed by atoms with Crippen LogP contribution in [0.5, 0.6) is 11.5 Å². The molecule has 0 spiro atoms. The molecule has 0 aromatic heterocycles. The highest BCUT2D eigenvalue weighted by atomic mass is 16.5. The standard InChI is InChI=1S/C18H20O3.C2H6/c1-13(9-14-7-5-4-6-8-14)16-11-18(21-3)17(20-2)10-15(16)12-19;1-2/h4-8,10-13H,9H2,1-3H3;1-2H3. The molecule has 0 aliphatic heterocycles. The van der Waals surface area contributed by atoms with Crippen molar-refractivity contribution in [3.63, 3.8) is 0 Å². The molecule has 3 heteroatoms. The van der Waals surface area contributed by atoms with E-state index >= 15 is 0 Å². The highest BCUT2D eigenvalue weighted by Crippen LogP contribution is 2.34. The minimum atomic E-state index is 0.215. The van der Waals surface area contributed by atoms with Gasteiger partial charge < -0.3 is 9.47 Å². The van der Waals surface area contributed by atoms with E-state index < -0.39 is 0 Å². The summed E-state index contributed by atoms with van der Waals surface area (Å²) in [6.07, 6.45) is 1.75. The second kappa shape index (κ2) is 9.67. The van der Waals surface area contributed by atoms with E-state index in [0.717, 1.165) is 18.3 Å². The summed E-state index contributed by atoms with van der Waals surface area (Å²) in [5.41, 5.74) is 2.87. The predicted octanol–water partition coefficient (Wildman–Crippen LogP) is 4.89. The van der Waals surface area contributed by atoms with Gasteiger partial charge in [0.1, 0.15) is 6.29 Å². The fraction of sp³-hybridized carbons (Fsp3) is 0.350. The third kappa shape index (κ3) is 4.85. The monoisotopic (exact) mass is 314 g/mol. The molecule has 0 aliphatic rings. The zero-order chi connectivity index (χ0) is 17.2. The first-order valence-electron chi connectivity index (χ1n) is 7.94. The fourth-order valence-electron chi connectivity index (χ4n) is 2.52. The van der Waals surface area contributed by atoms with Crippen LogP contribution in [0.1, 0.15) is 48.2 Å². The minimum Gasteiger partial charge on any atom is -0.493 e. The van der Waals surface area contributed by atoms with E-state index in [0.29, 0.717) is 17.1 Å². The Labute approximate surface area is 139 Å². The molecule has 0 heterocycles. The van der Waals surface area contributed by atoms with Gasteiger partial charge in [0.15, 0.2) is 11.5 Å². The van der Waals surface area contributed by atoms with Gasteiger partial charge in [-0.15, -0.1) is 0 Å². The Morgan fingerprint density at radius 3 is 2.09 bits per heavy atom. The van der Waals surface area contributed by atoms with Crippen molar-refractivity contribution >= 4 is 6.29 Å².